The first kappa shape index (κ1) is 14.9. The highest BCUT2D eigenvalue weighted by atomic mass is 16.2. The van der Waals surface area contributed by atoms with E-state index in [4.69, 9.17) is 0 Å². The van der Waals surface area contributed by atoms with Crippen molar-refractivity contribution >= 4 is 11.6 Å². The van der Waals surface area contributed by atoms with Crippen LogP contribution in [-0.2, 0) is 10.2 Å². The zero-order valence-corrected chi connectivity index (χ0v) is 15.0. The van der Waals surface area contributed by atoms with Crippen LogP contribution < -0.4 is 4.90 Å². The van der Waals surface area contributed by atoms with E-state index in [0.717, 1.165) is 11.8 Å². The normalized spacial score (nSPS) is 42.8. The molecule has 5 rings (SSSR count). The molecule has 3 heteroatoms. The molecule has 1 aromatic carbocycles. The first-order valence-electron chi connectivity index (χ1n) is 9.73. The Bertz CT molecular complexity index is 701. The number of piperidine rings is 1. The van der Waals surface area contributed by atoms with Crippen molar-refractivity contribution in [2.75, 3.05) is 18.0 Å². The van der Waals surface area contributed by atoms with Crippen molar-refractivity contribution in [1.29, 1.82) is 0 Å². The Morgan fingerprint density at radius 3 is 2.88 bits per heavy atom. The number of anilines is 1. The van der Waals surface area contributed by atoms with Gasteiger partial charge in [-0.15, -0.1) is 0 Å². The number of amides is 1. The Labute approximate surface area is 145 Å². The van der Waals surface area contributed by atoms with Crippen molar-refractivity contribution in [3.8, 4) is 0 Å². The van der Waals surface area contributed by atoms with Crippen LogP contribution in [0, 0.1) is 17.8 Å². The van der Waals surface area contributed by atoms with Crippen LogP contribution in [0.2, 0.25) is 0 Å². The topological polar surface area (TPSA) is 23.6 Å². The van der Waals surface area contributed by atoms with Gasteiger partial charge in [0, 0.05) is 30.6 Å². The zero-order valence-electron chi connectivity index (χ0n) is 15.0. The molecule has 1 amide bonds. The van der Waals surface area contributed by atoms with Crippen LogP contribution in [0.1, 0.15) is 45.6 Å². The van der Waals surface area contributed by atoms with Crippen LogP contribution in [0.25, 0.3) is 0 Å². The second-order valence-electron chi connectivity index (χ2n) is 8.58. The van der Waals surface area contributed by atoms with Crippen molar-refractivity contribution in [2.45, 2.75) is 57.5 Å². The maximum atomic E-state index is 12.7. The molecule has 3 nitrogen and oxygen atoms in total. The third-order valence-electron chi connectivity index (χ3n) is 7.93. The minimum absolute atomic E-state index is 0.177. The highest BCUT2D eigenvalue weighted by Crippen LogP contribution is 2.63. The second-order valence-corrected chi connectivity index (χ2v) is 8.58. The molecule has 3 fully saturated rings. The number of carbonyl (C=O) groups is 1. The lowest BCUT2D eigenvalue weighted by Crippen LogP contribution is -2.65. The van der Waals surface area contributed by atoms with E-state index >= 15 is 0 Å². The summed E-state index contributed by atoms with van der Waals surface area (Å²) < 4.78 is 0. The van der Waals surface area contributed by atoms with Crippen LogP contribution in [0.3, 0.4) is 0 Å². The fourth-order valence-electron chi connectivity index (χ4n) is 7.10. The summed E-state index contributed by atoms with van der Waals surface area (Å²) in [7, 11) is 0. The second kappa shape index (κ2) is 4.85. The Kier molecular flexibility index (Phi) is 3.02. The first-order valence-corrected chi connectivity index (χ1v) is 9.73. The van der Waals surface area contributed by atoms with Crippen LogP contribution >= 0.6 is 0 Å². The summed E-state index contributed by atoms with van der Waals surface area (Å²) in [6.45, 7) is 9.02. The molecular formula is C21H28N2O. The van der Waals surface area contributed by atoms with Gasteiger partial charge >= 0.3 is 0 Å². The van der Waals surface area contributed by atoms with Gasteiger partial charge in [0.1, 0.15) is 0 Å². The maximum absolute atomic E-state index is 12.7. The van der Waals surface area contributed by atoms with Crippen molar-refractivity contribution in [2.24, 2.45) is 17.8 Å². The van der Waals surface area contributed by atoms with Gasteiger partial charge in [0.2, 0.25) is 5.91 Å². The number of carbonyl (C=O) groups excluding carboxylic acids is 1. The molecule has 1 aromatic rings. The zero-order chi connectivity index (χ0) is 16.6. The molecule has 24 heavy (non-hydrogen) atoms. The molecule has 128 valence electrons. The minimum atomic E-state index is 0.177. The van der Waals surface area contributed by atoms with Gasteiger partial charge in [-0.25, -0.2) is 0 Å². The SMILES string of the molecule is CC[C@H]1CN2CC[C@@]34c5ccccc5N(C(C)=O)[C@@H]3[C@H](C)[C@@H]1C[C@@H]24. The molecule has 0 radical (unpaired) electrons. The smallest absolute Gasteiger partial charge is 0.224 e. The van der Waals surface area contributed by atoms with E-state index in [9.17, 15) is 4.79 Å². The van der Waals surface area contributed by atoms with E-state index in [0.29, 0.717) is 18.0 Å². The monoisotopic (exact) mass is 324 g/mol. The third-order valence-corrected chi connectivity index (χ3v) is 7.93. The summed E-state index contributed by atoms with van der Waals surface area (Å²) in [4.78, 5) is 17.6. The highest BCUT2D eigenvalue weighted by molar-refractivity contribution is 5.96. The first-order chi connectivity index (χ1) is 11.6. The van der Waals surface area contributed by atoms with Crippen molar-refractivity contribution in [3.63, 3.8) is 0 Å². The van der Waals surface area contributed by atoms with Crippen LogP contribution in [0.4, 0.5) is 5.69 Å². The summed E-state index contributed by atoms with van der Waals surface area (Å²) in [5.41, 5.74) is 2.83. The molecule has 4 aliphatic rings. The van der Waals surface area contributed by atoms with E-state index in [2.05, 4.69) is 47.9 Å². The lowest BCUT2D eigenvalue weighted by Gasteiger charge is -2.57. The van der Waals surface area contributed by atoms with Gasteiger partial charge in [0.15, 0.2) is 0 Å². The van der Waals surface area contributed by atoms with Gasteiger partial charge in [0.25, 0.3) is 0 Å². The van der Waals surface area contributed by atoms with E-state index in [1.54, 1.807) is 6.92 Å². The van der Waals surface area contributed by atoms with E-state index < -0.39 is 0 Å². The van der Waals surface area contributed by atoms with E-state index in [-0.39, 0.29) is 11.3 Å². The Hall–Kier alpha value is -1.35. The molecule has 3 aliphatic heterocycles. The maximum Gasteiger partial charge on any atom is 0.224 e. The van der Waals surface area contributed by atoms with Crippen LogP contribution in [0.5, 0.6) is 0 Å². The highest BCUT2D eigenvalue weighted by Gasteiger charge is 2.67. The molecule has 1 aliphatic carbocycles. The summed E-state index contributed by atoms with van der Waals surface area (Å²) in [5, 5.41) is 0. The Morgan fingerprint density at radius 1 is 1.33 bits per heavy atom. The minimum Gasteiger partial charge on any atom is -0.308 e. The summed E-state index contributed by atoms with van der Waals surface area (Å²) >= 11 is 0. The molecule has 0 unspecified atom stereocenters. The molecule has 0 N–H and O–H groups in total. The summed E-state index contributed by atoms with van der Waals surface area (Å²) in [5.74, 6) is 2.37. The molecule has 1 saturated carbocycles. The van der Waals surface area contributed by atoms with Gasteiger partial charge in [-0.2, -0.15) is 0 Å². The third kappa shape index (κ3) is 1.55. The standard InChI is InChI=1S/C21H28N2O/c1-4-15-12-22-10-9-21-17-7-5-6-8-18(17)23(14(3)24)20(21)13(2)16(15)11-19(21)22/h5-8,13,15-16,19-20H,4,9-12H2,1-3H3/t13-,15+,16+,19-,20-,21+/m1/s1. The number of hydrogen-bond acceptors (Lipinski definition) is 2. The van der Waals surface area contributed by atoms with Gasteiger partial charge in [-0.05, 0) is 48.8 Å². The predicted molar refractivity (Wildman–Crippen MR) is 96.1 cm³/mol. The number of para-hydroxylation sites is 1. The van der Waals surface area contributed by atoms with E-state index in [1.807, 2.05) is 0 Å². The number of hydrogen-bond donors (Lipinski definition) is 0. The predicted octanol–water partition coefficient (Wildman–Crippen LogP) is 3.43. The molecule has 2 bridgehead atoms. The molecular weight excluding hydrogens is 296 g/mol. The van der Waals surface area contributed by atoms with Gasteiger partial charge < -0.3 is 4.90 Å². The molecule has 6 atom stereocenters. The molecule has 3 heterocycles. The van der Waals surface area contributed by atoms with Gasteiger partial charge in [-0.1, -0.05) is 38.5 Å². The largest absolute Gasteiger partial charge is 0.308 e. The fraction of sp³-hybridized carbons (Fsp3) is 0.667. The molecule has 1 spiro atoms. The lowest BCUT2D eigenvalue weighted by atomic mass is 9.54. The molecule has 0 aromatic heterocycles. The van der Waals surface area contributed by atoms with E-state index in [1.165, 1.54) is 43.6 Å². The van der Waals surface area contributed by atoms with Crippen molar-refractivity contribution < 1.29 is 4.79 Å². The van der Waals surface area contributed by atoms with Crippen molar-refractivity contribution in [1.82, 2.24) is 4.90 Å². The van der Waals surface area contributed by atoms with Crippen LogP contribution in [0.15, 0.2) is 24.3 Å². The number of fused-ring (bicyclic) bond motifs is 2. The van der Waals surface area contributed by atoms with Crippen LogP contribution in [-0.4, -0.2) is 36.0 Å². The average Bonchev–Trinajstić information content (AvgIpc) is 3.12. The fourth-order valence-corrected chi connectivity index (χ4v) is 7.10. The number of benzene rings is 1. The molecule has 2 saturated heterocycles. The van der Waals surface area contributed by atoms with Gasteiger partial charge in [0.05, 0.1) is 6.04 Å². The quantitative estimate of drug-likeness (QED) is 0.790. The Morgan fingerprint density at radius 2 is 2.12 bits per heavy atom. The Balaban J connectivity index is 1.73. The lowest BCUT2D eigenvalue weighted by molar-refractivity contribution is -0.118. The summed E-state index contributed by atoms with van der Waals surface area (Å²) in [6.07, 6.45) is 3.82. The number of rotatable bonds is 1. The average molecular weight is 324 g/mol. The summed E-state index contributed by atoms with van der Waals surface area (Å²) in [6, 6.07) is 9.76. The number of nitrogens with zero attached hydrogens (tertiary/aromatic N) is 2. The van der Waals surface area contributed by atoms with Gasteiger partial charge in [-0.3, -0.25) is 9.69 Å². The van der Waals surface area contributed by atoms with Crippen molar-refractivity contribution in [3.05, 3.63) is 29.8 Å².